The predicted octanol–water partition coefficient (Wildman–Crippen LogP) is 2.48. The molecule has 1 rings (SSSR count). The van der Waals surface area contributed by atoms with Gasteiger partial charge in [0, 0.05) is 12.5 Å². The van der Waals surface area contributed by atoms with E-state index in [1.807, 2.05) is 0 Å². The molecule has 1 aliphatic carbocycles. The van der Waals surface area contributed by atoms with Crippen molar-refractivity contribution in [3.8, 4) is 0 Å². The maximum atomic E-state index is 11.5. The molecule has 2 heteroatoms. The van der Waals surface area contributed by atoms with Crippen molar-refractivity contribution >= 4 is 5.91 Å². The lowest BCUT2D eigenvalue weighted by Gasteiger charge is -2.13. The van der Waals surface area contributed by atoms with Crippen LogP contribution in [0.5, 0.6) is 0 Å². The molecule has 76 valence electrons. The minimum atomic E-state index is 0.251. The molecule has 13 heavy (non-hydrogen) atoms. The third kappa shape index (κ3) is 3.79. The van der Waals surface area contributed by atoms with E-state index in [0.717, 1.165) is 6.42 Å². The van der Waals surface area contributed by atoms with Crippen molar-refractivity contribution in [2.45, 2.75) is 58.4 Å². The third-order valence-corrected chi connectivity index (χ3v) is 2.95. The van der Waals surface area contributed by atoms with Crippen LogP contribution in [0.15, 0.2) is 0 Å². The Labute approximate surface area is 81.1 Å². The van der Waals surface area contributed by atoms with Crippen LogP contribution in [-0.4, -0.2) is 11.9 Å². The van der Waals surface area contributed by atoms with Gasteiger partial charge >= 0.3 is 0 Å². The Morgan fingerprint density at radius 2 is 2.08 bits per heavy atom. The molecule has 1 atom stereocenters. The van der Waals surface area contributed by atoms with E-state index in [1.54, 1.807) is 0 Å². The van der Waals surface area contributed by atoms with Crippen LogP contribution >= 0.6 is 0 Å². The molecule has 1 N–H and O–H groups in total. The van der Waals surface area contributed by atoms with Crippen molar-refractivity contribution in [3.05, 3.63) is 0 Å². The molecule has 0 unspecified atom stereocenters. The number of amides is 1. The standard InChI is InChI=1S/C11H21NO/c1-3-9(2)8-11(13)12-10-6-4-5-7-10/h9-10H,3-8H2,1-2H3,(H,12,13)/t9-/m1/s1. The van der Waals surface area contributed by atoms with Gasteiger partial charge in [-0.1, -0.05) is 33.1 Å². The minimum Gasteiger partial charge on any atom is -0.353 e. The summed E-state index contributed by atoms with van der Waals surface area (Å²) in [6.45, 7) is 4.27. The lowest BCUT2D eigenvalue weighted by molar-refractivity contribution is -0.122. The molecule has 0 heterocycles. The van der Waals surface area contributed by atoms with Gasteiger partial charge in [0.2, 0.25) is 5.91 Å². The van der Waals surface area contributed by atoms with Gasteiger partial charge in [0.25, 0.3) is 0 Å². The normalized spacial score (nSPS) is 20.2. The van der Waals surface area contributed by atoms with Crippen molar-refractivity contribution in [1.82, 2.24) is 5.32 Å². The molecule has 0 aromatic rings. The number of hydrogen-bond acceptors (Lipinski definition) is 1. The van der Waals surface area contributed by atoms with Gasteiger partial charge in [-0.25, -0.2) is 0 Å². The lowest BCUT2D eigenvalue weighted by atomic mass is 10.0. The molecule has 0 bridgehead atoms. The number of rotatable bonds is 4. The summed E-state index contributed by atoms with van der Waals surface area (Å²) >= 11 is 0. The highest BCUT2D eigenvalue weighted by Gasteiger charge is 2.17. The third-order valence-electron chi connectivity index (χ3n) is 2.95. The van der Waals surface area contributed by atoms with Gasteiger partial charge in [-0.15, -0.1) is 0 Å². The van der Waals surface area contributed by atoms with Crippen LogP contribution in [0.3, 0.4) is 0 Å². The SMILES string of the molecule is CC[C@@H](C)CC(=O)NC1CCCC1. The molecular formula is C11H21NO. The second-order valence-corrected chi connectivity index (χ2v) is 4.27. The summed E-state index contributed by atoms with van der Waals surface area (Å²) in [4.78, 5) is 11.5. The van der Waals surface area contributed by atoms with Crippen LogP contribution in [0.25, 0.3) is 0 Å². The van der Waals surface area contributed by atoms with Gasteiger partial charge in [-0.05, 0) is 18.8 Å². The zero-order chi connectivity index (χ0) is 9.68. The Kier molecular flexibility index (Phi) is 4.26. The molecule has 0 aromatic carbocycles. The topological polar surface area (TPSA) is 29.1 Å². The van der Waals surface area contributed by atoms with Crippen LogP contribution in [0.1, 0.15) is 52.4 Å². The molecule has 0 saturated heterocycles. The molecule has 1 amide bonds. The summed E-state index contributed by atoms with van der Waals surface area (Å²) in [5.41, 5.74) is 0. The van der Waals surface area contributed by atoms with Crippen LogP contribution in [0, 0.1) is 5.92 Å². The highest BCUT2D eigenvalue weighted by Crippen LogP contribution is 2.18. The highest BCUT2D eigenvalue weighted by atomic mass is 16.1. The Morgan fingerprint density at radius 3 is 2.62 bits per heavy atom. The lowest BCUT2D eigenvalue weighted by Crippen LogP contribution is -2.33. The highest BCUT2D eigenvalue weighted by molar-refractivity contribution is 5.76. The van der Waals surface area contributed by atoms with E-state index in [1.165, 1.54) is 25.7 Å². The summed E-state index contributed by atoms with van der Waals surface area (Å²) in [5, 5.41) is 3.11. The second kappa shape index (κ2) is 5.25. The van der Waals surface area contributed by atoms with Crippen LogP contribution in [0.4, 0.5) is 0 Å². The molecular weight excluding hydrogens is 162 g/mol. The first-order valence-electron chi connectivity index (χ1n) is 5.51. The molecule has 1 aliphatic rings. The summed E-state index contributed by atoms with van der Waals surface area (Å²) in [5.74, 6) is 0.780. The Morgan fingerprint density at radius 1 is 1.46 bits per heavy atom. The summed E-state index contributed by atoms with van der Waals surface area (Å²) in [6, 6.07) is 0.483. The van der Waals surface area contributed by atoms with Crippen molar-refractivity contribution in [2.75, 3.05) is 0 Å². The van der Waals surface area contributed by atoms with Gasteiger partial charge in [-0.3, -0.25) is 4.79 Å². The zero-order valence-electron chi connectivity index (χ0n) is 8.81. The van der Waals surface area contributed by atoms with Gasteiger partial charge in [-0.2, -0.15) is 0 Å². The molecule has 2 nitrogen and oxygen atoms in total. The average molecular weight is 183 g/mol. The zero-order valence-corrected chi connectivity index (χ0v) is 8.81. The maximum Gasteiger partial charge on any atom is 0.220 e. The van der Waals surface area contributed by atoms with E-state index in [9.17, 15) is 4.79 Å². The fourth-order valence-electron chi connectivity index (χ4n) is 1.82. The first-order chi connectivity index (χ1) is 6.22. The second-order valence-electron chi connectivity index (χ2n) is 4.27. The van der Waals surface area contributed by atoms with E-state index < -0.39 is 0 Å². The van der Waals surface area contributed by atoms with Crippen molar-refractivity contribution in [3.63, 3.8) is 0 Å². The van der Waals surface area contributed by atoms with E-state index in [0.29, 0.717) is 18.4 Å². The van der Waals surface area contributed by atoms with E-state index in [2.05, 4.69) is 19.2 Å². The maximum absolute atomic E-state index is 11.5. The Hall–Kier alpha value is -0.530. The van der Waals surface area contributed by atoms with Crippen molar-refractivity contribution in [1.29, 1.82) is 0 Å². The number of carbonyl (C=O) groups excluding carboxylic acids is 1. The number of hydrogen-bond donors (Lipinski definition) is 1. The molecule has 0 aromatic heterocycles. The summed E-state index contributed by atoms with van der Waals surface area (Å²) in [7, 11) is 0. The van der Waals surface area contributed by atoms with Crippen LogP contribution in [0.2, 0.25) is 0 Å². The number of nitrogens with one attached hydrogen (secondary N) is 1. The van der Waals surface area contributed by atoms with Crippen LogP contribution < -0.4 is 5.32 Å². The summed E-state index contributed by atoms with van der Waals surface area (Å²) in [6.07, 6.45) is 6.74. The van der Waals surface area contributed by atoms with Gasteiger partial charge in [0.1, 0.15) is 0 Å². The molecule has 0 aliphatic heterocycles. The van der Waals surface area contributed by atoms with Gasteiger partial charge in [0.15, 0.2) is 0 Å². The quantitative estimate of drug-likeness (QED) is 0.712. The Balaban J connectivity index is 2.16. The van der Waals surface area contributed by atoms with Crippen molar-refractivity contribution in [2.24, 2.45) is 5.92 Å². The van der Waals surface area contributed by atoms with E-state index in [4.69, 9.17) is 0 Å². The molecule has 1 fully saturated rings. The molecule has 0 radical (unpaired) electrons. The predicted molar refractivity (Wildman–Crippen MR) is 54.5 cm³/mol. The Bertz CT molecular complexity index is 161. The van der Waals surface area contributed by atoms with Crippen LogP contribution in [-0.2, 0) is 4.79 Å². The number of carbonyl (C=O) groups is 1. The fraction of sp³-hybridized carbons (Fsp3) is 0.909. The van der Waals surface area contributed by atoms with Gasteiger partial charge < -0.3 is 5.32 Å². The smallest absolute Gasteiger partial charge is 0.220 e. The average Bonchev–Trinajstić information content (AvgIpc) is 2.56. The minimum absolute atomic E-state index is 0.251. The van der Waals surface area contributed by atoms with E-state index in [-0.39, 0.29) is 5.91 Å². The van der Waals surface area contributed by atoms with Gasteiger partial charge in [0.05, 0.1) is 0 Å². The first kappa shape index (κ1) is 10.6. The first-order valence-corrected chi connectivity index (χ1v) is 5.51. The molecule has 1 saturated carbocycles. The van der Waals surface area contributed by atoms with E-state index >= 15 is 0 Å². The van der Waals surface area contributed by atoms with Crippen molar-refractivity contribution < 1.29 is 4.79 Å². The molecule has 0 spiro atoms. The summed E-state index contributed by atoms with van der Waals surface area (Å²) < 4.78 is 0. The largest absolute Gasteiger partial charge is 0.353 e. The monoisotopic (exact) mass is 183 g/mol. The fourth-order valence-corrected chi connectivity index (χ4v) is 1.82.